The Morgan fingerprint density at radius 2 is 1.84 bits per heavy atom. The molecule has 1 atom stereocenters. The maximum absolute atomic E-state index is 12.8. The fourth-order valence-corrected chi connectivity index (χ4v) is 3.73. The topological polar surface area (TPSA) is 29.5 Å². The van der Waals surface area contributed by atoms with Crippen molar-refractivity contribution >= 4 is 22.0 Å². The van der Waals surface area contributed by atoms with Crippen molar-refractivity contribution in [1.82, 2.24) is 4.90 Å². The quantitative estimate of drug-likeness (QED) is 0.662. The maximum atomic E-state index is 12.8. The number of benzene rings is 2. The predicted molar refractivity (Wildman–Crippen MR) is 104 cm³/mol. The Hall–Kier alpha value is -1.81. The molecule has 1 amide bonds. The lowest BCUT2D eigenvalue weighted by Gasteiger charge is -2.38. The van der Waals surface area contributed by atoms with Crippen LogP contribution in [-0.4, -0.2) is 23.1 Å². The molecule has 3 rings (SSSR count). The lowest BCUT2D eigenvalue weighted by Crippen LogP contribution is -2.43. The van der Waals surface area contributed by atoms with Crippen LogP contribution in [0.1, 0.15) is 43.5 Å². The fourth-order valence-electron chi connectivity index (χ4n) is 3.28. The van der Waals surface area contributed by atoms with Crippen LogP contribution in [0.2, 0.25) is 0 Å². The van der Waals surface area contributed by atoms with E-state index in [2.05, 4.69) is 40.2 Å². The SMILES string of the molecule is CC(C)(C)OC(=O)N1CCc2ccccc2C1Cc1ccccc1Br. The summed E-state index contributed by atoms with van der Waals surface area (Å²) >= 11 is 3.63. The third kappa shape index (κ3) is 4.24. The number of carbonyl (C=O) groups is 1. The zero-order chi connectivity index (χ0) is 18.0. The molecule has 3 nitrogen and oxygen atoms in total. The van der Waals surface area contributed by atoms with Gasteiger partial charge in [-0.3, -0.25) is 0 Å². The third-order valence-corrected chi connectivity index (χ3v) is 5.19. The van der Waals surface area contributed by atoms with Gasteiger partial charge in [-0.15, -0.1) is 0 Å². The summed E-state index contributed by atoms with van der Waals surface area (Å²) < 4.78 is 6.74. The number of hydrogen-bond donors (Lipinski definition) is 0. The van der Waals surface area contributed by atoms with Gasteiger partial charge in [0, 0.05) is 11.0 Å². The summed E-state index contributed by atoms with van der Waals surface area (Å²) in [6.45, 7) is 6.41. The Kier molecular flexibility index (Phi) is 5.19. The molecule has 0 saturated carbocycles. The maximum Gasteiger partial charge on any atom is 0.410 e. The Balaban J connectivity index is 1.95. The first-order chi connectivity index (χ1) is 11.8. The van der Waals surface area contributed by atoms with Gasteiger partial charge in [0.2, 0.25) is 0 Å². The van der Waals surface area contributed by atoms with Gasteiger partial charge in [0.25, 0.3) is 0 Å². The number of fused-ring (bicyclic) bond motifs is 1. The van der Waals surface area contributed by atoms with E-state index < -0.39 is 5.60 Å². The molecule has 0 fully saturated rings. The molecule has 0 saturated heterocycles. The molecule has 2 aromatic carbocycles. The van der Waals surface area contributed by atoms with E-state index in [1.807, 2.05) is 49.9 Å². The van der Waals surface area contributed by atoms with Crippen LogP contribution in [0.5, 0.6) is 0 Å². The average molecular weight is 402 g/mol. The molecule has 0 aliphatic carbocycles. The van der Waals surface area contributed by atoms with Gasteiger partial charge in [-0.25, -0.2) is 4.79 Å². The highest BCUT2D eigenvalue weighted by molar-refractivity contribution is 9.10. The van der Waals surface area contributed by atoms with Gasteiger partial charge in [-0.05, 0) is 56.4 Å². The zero-order valence-electron chi connectivity index (χ0n) is 15.0. The number of ether oxygens (including phenoxy) is 1. The highest BCUT2D eigenvalue weighted by Gasteiger charge is 2.33. The van der Waals surface area contributed by atoms with Gasteiger partial charge in [0.05, 0.1) is 6.04 Å². The first-order valence-electron chi connectivity index (χ1n) is 8.66. The zero-order valence-corrected chi connectivity index (χ0v) is 16.5. The smallest absolute Gasteiger partial charge is 0.410 e. The van der Waals surface area contributed by atoms with Gasteiger partial charge in [-0.2, -0.15) is 0 Å². The minimum Gasteiger partial charge on any atom is -0.444 e. The summed E-state index contributed by atoms with van der Waals surface area (Å²) in [5.74, 6) is 0. The Morgan fingerprint density at radius 3 is 2.56 bits per heavy atom. The Morgan fingerprint density at radius 1 is 1.16 bits per heavy atom. The van der Waals surface area contributed by atoms with Crippen LogP contribution in [0.3, 0.4) is 0 Å². The van der Waals surface area contributed by atoms with Crippen molar-refractivity contribution in [3.63, 3.8) is 0 Å². The first-order valence-corrected chi connectivity index (χ1v) is 9.45. The monoisotopic (exact) mass is 401 g/mol. The van der Waals surface area contributed by atoms with E-state index in [1.165, 1.54) is 16.7 Å². The molecule has 0 aromatic heterocycles. The lowest BCUT2D eigenvalue weighted by atomic mass is 9.89. The van der Waals surface area contributed by atoms with Gasteiger partial charge in [0.1, 0.15) is 5.60 Å². The molecule has 0 bridgehead atoms. The molecule has 4 heteroatoms. The van der Waals surface area contributed by atoms with E-state index in [1.54, 1.807) is 0 Å². The van der Waals surface area contributed by atoms with Crippen molar-refractivity contribution in [2.45, 2.75) is 45.3 Å². The van der Waals surface area contributed by atoms with Gasteiger partial charge < -0.3 is 9.64 Å². The standard InChI is InChI=1S/C21H24BrNO2/c1-21(2,3)25-20(24)23-13-12-15-8-4-6-10-17(15)19(23)14-16-9-5-7-11-18(16)22/h4-11,19H,12-14H2,1-3H3. The summed E-state index contributed by atoms with van der Waals surface area (Å²) in [5, 5.41) is 0. The summed E-state index contributed by atoms with van der Waals surface area (Å²) in [5.41, 5.74) is 3.24. The molecule has 1 aliphatic rings. The van der Waals surface area contributed by atoms with E-state index in [-0.39, 0.29) is 12.1 Å². The lowest BCUT2D eigenvalue weighted by molar-refractivity contribution is 0.0141. The highest BCUT2D eigenvalue weighted by Crippen LogP contribution is 2.35. The van der Waals surface area contributed by atoms with Crippen LogP contribution in [0.4, 0.5) is 4.79 Å². The number of rotatable bonds is 2. The van der Waals surface area contributed by atoms with Crippen LogP contribution < -0.4 is 0 Å². The number of amides is 1. The fraction of sp³-hybridized carbons (Fsp3) is 0.381. The van der Waals surface area contributed by atoms with Crippen molar-refractivity contribution in [3.05, 3.63) is 69.7 Å². The van der Waals surface area contributed by atoms with Gasteiger partial charge in [-0.1, -0.05) is 58.4 Å². The van der Waals surface area contributed by atoms with Gasteiger partial charge in [0.15, 0.2) is 0 Å². The molecule has 1 aliphatic heterocycles. The van der Waals surface area contributed by atoms with E-state index in [9.17, 15) is 4.79 Å². The van der Waals surface area contributed by atoms with Gasteiger partial charge >= 0.3 is 6.09 Å². The van der Waals surface area contributed by atoms with Crippen LogP contribution in [0, 0.1) is 0 Å². The second kappa shape index (κ2) is 7.20. The molecule has 25 heavy (non-hydrogen) atoms. The molecule has 1 heterocycles. The molecule has 132 valence electrons. The molecule has 2 aromatic rings. The number of halogens is 1. The Labute approximate surface area is 158 Å². The number of carbonyl (C=O) groups excluding carboxylic acids is 1. The summed E-state index contributed by atoms with van der Waals surface area (Å²) in [4.78, 5) is 14.7. The Bertz CT molecular complexity index is 766. The average Bonchev–Trinajstić information content (AvgIpc) is 2.55. The molecule has 0 radical (unpaired) electrons. The van der Waals surface area contributed by atoms with E-state index in [4.69, 9.17) is 4.74 Å². The minimum absolute atomic E-state index is 0.0153. The first kappa shape index (κ1) is 18.0. The van der Waals surface area contributed by atoms with Crippen LogP contribution in [0.25, 0.3) is 0 Å². The summed E-state index contributed by atoms with van der Waals surface area (Å²) in [6, 6.07) is 16.6. The van der Waals surface area contributed by atoms with E-state index in [0.29, 0.717) is 6.54 Å². The van der Waals surface area contributed by atoms with Crippen molar-refractivity contribution < 1.29 is 9.53 Å². The normalized spacial score (nSPS) is 17.1. The van der Waals surface area contributed by atoms with E-state index in [0.717, 1.165) is 17.3 Å². The second-order valence-corrected chi connectivity index (χ2v) is 8.29. The summed E-state index contributed by atoms with van der Waals surface area (Å²) in [7, 11) is 0. The van der Waals surface area contributed by atoms with Crippen LogP contribution in [-0.2, 0) is 17.6 Å². The number of nitrogens with zero attached hydrogens (tertiary/aromatic N) is 1. The van der Waals surface area contributed by atoms with Crippen LogP contribution >= 0.6 is 15.9 Å². The molecule has 1 unspecified atom stereocenters. The molecule has 0 spiro atoms. The van der Waals surface area contributed by atoms with Crippen molar-refractivity contribution in [3.8, 4) is 0 Å². The summed E-state index contributed by atoms with van der Waals surface area (Å²) in [6.07, 6.45) is 1.39. The predicted octanol–water partition coefficient (Wildman–Crippen LogP) is 5.53. The van der Waals surface area contributed by atoms with Crippen molar-refractivity contribution in [2.24, 2.45) is 0 Å². The molecular formula is C21H24BrNO2. The molecular weight excluding hydrogens is 378 g/mol. The van der Waals surface area contributed by atoms with E-state index >= 15 is 0 Å². The van der Waals surface area contributed by atoms with Crippen molar-refractivity contribution in [2.75, 3.05) is 6.54 Å². The highest BCUT2D eigenvalue weighted by atomic mass is 79.9. The molecule has 0 N–H and O–H groups in total. The minimum atomic E-state index is -0.494. The van der Waals surface area contributed by atoms with Crippen molar-refractivity contribution in [1.29, 1.82) is 0 Å². The second-order valence-electron chi connectivity index (χ2n) is 7.43. The van der Waals surface area contributed by atoms with Crippen LogP contribution in [0.15, 0.2) is 53.0 Å². The number of hydrogen-bond acceptors (Lipinski definition) is 2. The third-order valence-electron chi connectivity index (χ3n) is 4.41. The largest absolute Gasteiger partial charge is 0.444 e.